The molecule has 0 saturated heterocycles. The second-order valence-electron chi connectivity index (χ2n) is 6.00. The Kier molecular flexibility index (Phi) is 5.25. The zero-order valence-corrected chi connectivity index (χ0v) is 13.9. The predicted molar refractivity (Wildman–Crippen MR) is 88.4 cm³/mol. The summed E-state index contributed by atoms with van der Waals surface area (Å²) in [6.45, 7) is 1.86. The van der Waals surface area contributed by atoms with Crippen LogP contribution in [0, 0.1) is 36.0 Å². The predicted octanol–water partition coefficient (Wildman–Crippen LogP) is 5.94. The fourth-order valence-electron chi connectivity index (χ4n) is 2.75. The quantitative estimate of drug-likeness (QED) is 0.263. The highest BCUT2D eigenvalue weighted by Crippen LogP contribution is 2.34. The first kappa shape index (κ1) is 19.0. The van der Waals surface area contributed by atoms with E-state index in [-0.39, 0.29) is 5.56 Å². The van der Waals surface area contributed by atoms with Crippen molar-refractivity contribution in [3.8, 4) is 11.1 Å². The van der Waals surface area contributed by atoms with Crippen LogP contribution in [0.1, 0.15) is 22.8 Å². The fraction of sp³-hybridized carbons (Fsp3) is 0.100. The number of rotatable bonds is 4. The van der Waals surface area contributed by atoms with Gasteiger partial charge in [-0.1, -0.05) is 29.8 Å². The van der Waals surface area contributed by atoms with Crippen molar-refractivity contribution in [1.29, 1.82) is 0 Å². The van der Waals surface area contributed by atoms with Gasteiger partial charge in [-0.05, 0) is 47.9 Å². The van der Waals surface area contributed by atoms with Crippen molar-refractivity contribution < 1.29 is 32.1 Å². The monoisotopic (exact) mass is 380 g/mol. The second kappa shape index (κ2) is 7.46. The van der Waals surface area contributed by atoms with Crippen LogP contribution in [0.2, 0.25) is 0 Å². The smallest absolute Gasteiger partial charge is 0.194 e. The van der Waals surface area contributed by atoms with Crippen molar-refractivity contribution in [1.82, 2.24) is 0 Å². The van der Waals surface area contributed by atoms with Crippen LogP contribution in [0.4, 0.5) is 22.0 Å². The maximum atomic E-state index is 14.6. The Balaban J connectivity index is 2.08. The molecular formula is C20H13F5O2. The van der Waals surface area contributed by atoms with Crippen LogP contribution in [0.15, 0.2) is 48.5 Å². The van der Waals surface area contributed by atoms with E-state index in [0.717, 1.165) is 17.7 Å². The van der Waals surface area contributed by atoms with Crippen LogP contribution in [0.3, 0.4) is 0 Å². The third-order valence-electron chi connectivity index (χ3n) is 4.14. The molecule has 0 spiro atoms. The molecule has 2 nitrogen and oxygen atoms in total. The van der Waals surface area contributed by atoms with Gasteiger partial charge in [-0.2, -0.15) is 0 Å². The van der Waals surface area contributed by atoms with Gasteiger partial charge in [0.1, 0.15) is 17.7 Å². The van der Waals surface area contributed by atoms with E-state index >= 15 is 0 Å². The van der Waals surface area contributed by atoms with Gasteiger partial charge in [0.05, 0.1) is 5.56 Å². The molecule has 0 amide bonds. The Labute approximate surface area is 151 Å². The van der Waals surface area contributed by atoms with Gasteiger partial charge in [-0.25, -0.2) is 26.8 Å². The Morgan fingerprint density at radius 3 is 1.74 bits per heavy atom. The van der Waals surface area contributed by atoms with E-state index in [2.05, 4.69) is 4.89 Å². The first-order valence-corrected chi connectivity index (χ1v) is 7.82. The van der Waals surface area contributed by atoms with Crippen molar-refractivity contribution in [2.45, 2.75) is 13.0 Å². The zero-order valence-electron chi connectivity index (χ0n) is 13.9. The third-order valence-corrected chi connectivity index (χ3v) is 4.14. The molecule has 27 heavy (non-hydrogen) atoms. The summed E-state index contributed by atoms with van der Waals surface area (Å²) in [6, 6.07) is 9.88. The van der Waals surface area contributed by atoms with Gasteiger partial charge < -0.3 is 0 Å². The Morgan fingerprint density at radius 1 is 0.741 bits per heavy atom. The highest BCUT2D eigenvalue weighted by molar-refractivity contribution is 5.64. The molecule has 1 N–H and O–H groups in total. The number of hydrogen-bond donors (Lipinski definition) is 1. The van der Waals surface area contributed by atoms with Gasteiger partial charge in [0.2, 0.25) is 0 Å². The lowest BCUT2D eigenvalue weighted by molar-refractivity contribution is -0.271. The lowest BCUT2D eigenvalue weighted by Gasteiger charge is -2.17. The van der Waals surface area contributed by atoms with Crippen LogP contribution in [0.25, 0.3) is 11.1 Å². The number of halogens is 5. The molecule has 140 valence electrons. The van der Waals surface area contributed by atoms with Crippen molar-refractivity contribution in [2.24, 2.45) is 0 Å². The molecule has 0 heterocycles. The molecule has 3 aromatic rings. The maximum absolute atomic E-state index is 14.6. The average molecular weight is 380 g/mol. The van der Waals surface area contributed by atoms with Crippen molar-refractivity contribution in [3.05, 3.63) is 94.3 Å². The first-order chi connectivity index (χ1) is 12.8. The molecule has 0 saturated carbocycles. The number of hydrogen-bond acceptors (Lipinski definition) is 2. The molecule has 1 atom stereocenters. The summed E-state index contributed by atoms with van der Waals surface area (Å²) < 4.78 is 69.1. The topological polar surface area (TPSA) is 29.5 Å². The third kappa shape index (κ3) is 3.70. The molecule has 0 aromatic heterocycles. The van der Waals surface area contributed by atoms with E-state index in [1.165, 1.54) is 0 Å². The van der Waals surface area contributed by atoms with Gasteiger partial charge in [-0.15, -0.1) is 0 Å². The molecular weight excluding hydrogens is 367 g/mol. The molecule has 7 heteroatoms. The maximum Gasteiger partial charge on any atom is 0.194 e. The van der Waals surface area contributed by atoms with Gasteiger partial charge in [-0.3, -0.25) is 5.26 Å². The molecule has 3 aromatic carbocycles. The highest BCUT2D eigenvalue weighted by Gasteiger charge is 2.26. The first-order valence-electron chi connectivity index (χ1n) is 7.82. The zero-order chi connectivity index (χ0) is 19.7. The van der Waals surface area contributed by atoms with Crippen LogP contribution < -0.4 is 0 Å². The van der Waals surface area contributed by atoms with E-state index in [9.17, 15) is 22.0 Å². The molecule has 0 aliphatic rings. The van der Waals surface area contributed by atoms with Crippen LogP contribution in [0.5, 0.6) is 0 Å². The minimum Gasteiger partial charge on any atom is -0.251 e. The van der Waals surface area contributed by atoms with Crippen LogP contribution >= 0.6 is 0 Å². The summed E-state index contributed by atoms with van der Waals surface area (Å²) >= 11 is 0. The minimum atomic E-state index is -1.89. The Bertz CT molecular complexity index is 940. The summed E-state index contributed by atoms with van der Waals surface area (Å²) in [6.07, 6.45) is -1.89. The summed E-state index contributed by atoms with van der Waals surface area (Å²) in [4.78, 5) is 4.06. The Morgan fingerprint density at radius 2 is 1.26 bits per heavy atom. The minimum absolute atomic E-state index is 0.224. The molecule has 1 unspecified atom stereocenters. The molecule has 0 fully saturated rings. The van der Waals surface area contributed by atoms with E-state index in [1.807, 2.05) is 6.92 Å². The van der Waals surface area contributed by atoms with Crippen LogP contribution in [-0.4, -0.2) is 5.26 Å². The van der Waals surface area contributed by atoms with E-state index in [1.54, 1.807) is 24.3 Å². The summed E-state index contributed by atoms with van der Waals surface area (Å²) in [5.41, 5.74) is 0.478. The molecule has 0 aliphatic heterocycles. The lowest BCUT2D eigenvalue weighted by atomic mass is 9.96. The molecule has 0 radical (unpaired) electrons. The van der Waals surface area contributed by atoms with Gasteiger partial charge in [0.25, 0.3) is 0 Å². The summed E-state index contributed by atoms with van der Waals surface area (Å²) in [5, 5.41) is 9.08. The van der Waals surface area contributed by atoms with E-state index < -0.39 is 46.3 Å². The normalized spacial score (nSPS) is 12.3. The number of aryl methyl sites for hydroxylation is 1. The highest BCUT2D eigenvalue weighted by atomic mass is 19.2. The van der Waals surface area contributed by atoms with E-state index in [4.69, 9.17) is 5.26 Å². The second-order valence-corrected chi connectivity index (χ2v) is 6.00. The van der Waals surface area contributed by atoms with Gasteiger partial charge in [0, 0.05) is 0 Å². The summed E-state index contributed by atoms with van der Waals surface area (Å²) in [5.74, 6) is -7.11. The van der Waals surface area contributed by atoms with Crippen molar-refractivity contribution in [2.75, 3.05) is 0 Å². The SMILES string of the molecule is Cc1ccc(-c2cc(F)c(C(OO)c3cc(F)c(F)c(F)c3)c(F)c2)cc1. The standard InChI is InChI=1S/C20H13F5O2/c1-10-2-4-11(5-3-10)12-6-14(21)18(15(22)7-12)20(27-26)13-8-16(23)19(25)17(24)9-13/h2-9,20,26H,1H3. The average Bonchev–Trinajstić information content (AvgIpc) is 2.62. The van der Waals surface area contributed by atoms with Crippen molar-refractivity contribution >= 4 is 0 Å². The molecule has 3 rings (SSSR count). The lowest BCUT2D eigenvalue weighted by Crippen LogP contribution is -2.11. The molecule has 0 bridgehead atoms. The Hall–Kier alpha value is -2.77. The number of benzene rings is 3. The summed E-state index contributed by atoms with van der Waals surface area (Å²) in [7, 11) is 0. The van der Waals surface area contributed by atoms with Gasteiger partial charge in [0.15, 0.2) is 17.5 Å². The molecule has 0 aliphatic carbocycles. The fourth-order valence-corrected chi connectivity index (χ4v) is 2.75. The van der Waals surface area contributed by atoms with Crippen LogP contribution in [-0.2, 0) is 4.89 Å². The largest absolute Gasteiger partial charge is 0.251 e. The van der Waals surface area contributed by atoms with Crippen molar-refractivity contribution in [3.63, 3.8) is 0 Å². The van der Waals surface area contributed by atoms with Gasteiger partial charge >= 0.3 is 0 Å². The van der Waals surface area contributed by atoms with E-state index in [0.29, 0.717) is 17.7 Å².